The molecule has 0 unspecified atom stereocenters. The summed E-state index contributed by atoms with van der Waals surface area (Å²) >= 11 is 0. The summed E-state index contributed by atoms with van der Waals surface area (Å²) in [6, 6.07) is 5.14. The minimum absolute atomic E-state index is 0.240. The van der Waals surface area contributed by atoms with Gasteiger partial charge < -0.3 is 10.1 Å². The van der Waals surface area contributed by atoms with Crippen LogP contribution in [0.4, 0.5) is 10.1 Å². The van der Waals surface area contributed by atoms with E-state index in [4.69, 9.17) is 4.74 Å². The van der Waals surface area contributed by atoms with Gasteiger partial charge in [-0.2, -0.15) is 0 Å². The molecule has 0 saturated carbocycles. The van der Waals surface area contributed by atoms with Crippen LogP contribution in [-0.2, 0) is 14.3 Å². The molecule has 18 heavy (non-hydrogen) atoms. The maximum absolute atomic E-state index is 12.6. The van der Waals surface area contributed by atoms with Crippen LogP contribution in [0, 0.1) is 5.82 Å². The number of benzene rings is 1. The van der Waals surface area contributed by atoms with Gasteiger partial charge in [-0.3, -0.25) is 4.79 Å². The number of hydrogen-bond donors (Lipinski definition) is 1. The van der Waals surface area contributed by atoms with Crippen molar-refractivity contribution < 1.29 is 18.7 Å². The van der Waals surface area contributed by atoms with Crippen LogP contribution in [0.5, 0.6) is 0 Å². The van der Waals surface area contributed by atoms with Crippen molar-refractivity contribution in [1.29, 1.82) is 0 Å². The third-order valence-corrected chi connectivity index (χ3v) is 2.27. The Kier molecular flexibility index (Phi) is 5.84. The first-order valence-electron chi connectivity index (χ1n) is 5.87. The molecule has 0 aliphatic rings. The van der Waals surface area contributed by atoms with Crippen molar-refractivity contribution in [2.45, 2.75) is 26.2 Å². The Morgan fingerprint density at radius 1 is 1.22 bits per heavy atom. The van der Waals surface area contributed by atoms with E-state index < -0.39 is 17.7 Å². The maximum atomic E-state index is 12.6. The molecule has 0 atom stereocenters. The van der Waals surface area contributed by atoms with Crippen molar-refractivity contribution in [1.82, 2.24) is 0 Å². The zero-order chi connectivity index (χ0) is 13.4. The van der Waals surface area contributed by atoms with Crippen molar-refractivity contribution in [3.8, 4) is 0 Å². The minimum Gasteiger partial charge on any atom is -0.459 e. The summed E-state index contributed by atoms with van der Waals surface area (Å²) < 4.78 is 17.4. The SMILES string of the molecule is CCCCCOC(=O)C(=O)Nc1ccc(F)cc1. The fraction of sp³-hybridized carbons (Fsp3) is 0.385. The molecule has 1 aromatic rings. The fourth-order valence-corrected chi connectivity index (χ4v) is 1.30. The van der Waals surface area contributed by atoms with Gasteiger partial charge in [0.2, 0.25) is 0 Å². The van der Waals surface area contributed by atoms with E-state index in [0.717, 1.165) is 19.3 Å². The second-order valence-electron chi connectivity index (χ2n) is 3.80. The Bertz CT molecular complexity index is 403. The summed E-state index contributed by atoms with van der Waals surface area (Å²) in [6.45, 7) is 2.27. The molecule has 4 nitrogen and oxygen atoms in total. The Morgan fingerprint density at radius 3 is 2.50 bits per heavy atom. The number of esters is 1. The highest BCUT2D eigenvalue weighted by Crippen LogP contribution is 2.08. The van der Waals surface area contributed by atoms with E-state index in [-0.39, 0.29) is 6.61 Å². The predicted molar refractivity (Wildman–Crippen MR) is 65.5 cm³/mol. The molecule has 1 amide bonds. The number of ether oxygens (including phenoxy) is 1. The average molecular weight is 253 g/mol. The van der Waals surface area contributed by atoms with Gasteiger partial charge >= 0.3 is 11.9 Å². The van der Waals surface area contributed by atoms with Crippen molar-refractivity contribution in [3.63, 3.8) is 0 Å². The third kappa shape index (κ3) is 4.95. The van der Waals surface area contributed by atoms with Crippen molar-refractivity contribution >= 4 is 17.6 Å². The van der Waals surface area contributed by atoms with Gasteiger partial charge in [-0.15, -0.1) is 0 Å². The second-order valence-corrected chi connectivity index (χ2v) is 3.80. The summed E-state index contributed by atoms with van der Waals surface area (Å²) in [7, 11) is 0. The summed E-state index contributed by atoms with van der Waals surface area (Å²) in [6.07, 6.45) is 2.71. The molecule has 0 saturated heterocycles. The lowest BCUT2D eigenvalue weighted by Gasteiger charge is -2.05. The summed E-state index contributed by atoms with van der Waals surface area (Å²) in [5.74, 6) is -2.18. The first kappa shape index (κ1) is 14.2. The molecular weight excluding hydrogens is 237 g/mol. The Labute approximate surface area is 105 Å². The van der Waals surface area contributed by atoms with E-state index in [1.807, 2.05) is 6.92 Å². The molecular formula is C13H16FNO3. The first-order valence-corrected chi connectivity index (χ1v) is 5.87. The fourth-order valence-electron chi connectivity index (χ4n) is 1.30. The normalized spacial score (nSPS) is 9.89. The van der Waals surface area contributed by atoms with Gasteiger partial charge in [-0.1, -0.05) is 19.8 Å². The number of nitrogens with one attached hydrogen (secondary N) is 1. The minimum atomic E-state index is -0.921. The van der Waals surface area contributed by atoms with Crippen LogP contribution in [0.1, 0.15) is 26.2 Å². The molecule has 0 radical (unpaired) electrons. The first-order chi connectivity index (χ1) is 8.63. The van der Waals surface area contributed by atoms with Crippen LogP contribution >= 0.6 is 0 Å². The van der Waals surface area contributed by atoms with Gasteiger partial charge in [0.05, 0.1) is 6.61 Å². The number of halogens is 1. The van der Waals surface area contributed by atoms with Crippen LogP contribution in [0.3, 0.4) is 0 Å². The molecule has 0 aromatic heterocycles. The molecule has 0 heterocycles. The van der Waals surface area contributed by atoms with Crippen molar-refractivity contribution in [3.05, 3.63) is 30.1 Å². The van der Waals surface area contributed by atoms with Crippen LogP contribution in [-0.4, -0.2) is 18.5 Å². The van der Waals surface area contributed by atoms with Gasteiger partial charge in [-0.25, -0.2) is 9.18 Å². The Morgan fingerprint density at radius 2 is 1.89 bits per heavy atom. The van der Waals surface area contributed by atoms with E-state index in [2.05, 4.69) is 5.32 Å². The van der Waals surface area contributed by atoms with Gasteiger partial charge in [0, 0.05) is 5.69 Å². The second kappa shape index (κ2) is 7.42. The number of unbranched alkanes of at least 4 members (excludes halogenated alkanes) is 2. The number of rotatable bonds is 5. The van der Waals surface area contributed by atoms with Gasteiger partial charge in [0.1, 0.15) is 5.82 Å². The summed E-state index contributed by atoms with van der Waals surface area (Å²) in [4.78, 5) is 22.7. The molecule has 0 aliphatic carbocycles. The zero-order valence-corrected chi connectivity index (χ0v) is 10.2. The van der Waals surface area contributed by atoms with E-state index in [1.165, 1.54) is 24.3 Å². The highest BCUT2D eigenvalue weighted by Gasteiger charge is 2.15. The van der Waals surface area contributed by atoms with Crippen LogP contribution in [0.2, 0.25) is 0 Å². The van der Waals surface area contributed by atoms with Gasteiger partial charge in [0.15, 0.2) is 0 Å². The van der Waals surface area contributed by atoms with E-state index >= 15 is 0 Å². The summed E-state index contributed by atoms with van der Waals surface area (Å²) in [5, 5.41) is 2.33. The van der Waals surface area contributed by atoms with Crippen molar-refractivity contribution in [2.24, 2.45) is 0 Å². The lowest BCUT2D eigenvalue weighted by Crippen LogP contribution is -2.25. The lowest BCUT2D eigenvalue weighted by molar-refractivity contribution is -0.152. The smallest absolute Gasteiger partial charge is 0.397 e. The largest absolute Gasteiger partial charge is 0.459 e. The van der Waals surface area contributed by atoms with E-state index in [0.29, 0.717) is 5.69 Å². The number of amides is 1. The topological polar surface area (TPSA) is 55.4 Å². The highest BCUT2D eigenvalue weighted by atomic mass is 19.1. The van der Waals surface area contributed by atoms with Gasteiger partial charge in [0.25, 0.3) is 0 Å². The van der Waals surface area contributed by atoms with Crippen LogP contribution in [0.25, 0.3) is 0 Å². The molecule has 5 heteroatoms. The monoisotopic (exact) mass is 253 g/mol. The molecule has 0 fully saturated rings. The van der Waals surface area contributed by atoms with Gasteiger partial charge in [-0.05, 0) is 30.7 Å². The molecule has 1 rings (SSSR count). The molecule has 1 N–H and O–H groups in total. The molecule has 1 aromatic carbocycles. The van der Waals surface area contributed by atoms with E-state index in [1.54, 1.807) is 0 Å². The molecule has 98 valence electrons. The van der Waals surface area contributed by atoms with Crippen LogP contribution < -0.4 is 5.32 Å². The third-order valence-electron chi connectivity index (χ3n) is 2.27. The van der Waals surface area contributed by atoms with E-state index in [9.17, 15) is 14.0 Å². The molecule has 0 bridgehead atoms. The highest BCUT2D eigenvalue weighted by molar-refractivity contribution is 6.37. The average Bonchev–Trinajstić information content (AvgIpc) is 2.37. The van der Waals surface area contributed by atoms with Crippen molar-refractivity contribution in [2.75, 3.05) is 11.9 Å². The van der Waals surface area contributed by atoms with Crippen LogP contribution in [0.15, 0.2) is 24.3 Å². The lowest BCUT2D eigenvalue weighted by atomic mass is 10.3. The predicted octanol–water partition coefficient (Wildman–Crippen LogP) is 2.50. The summed E-state index contributed by atoms with van der Waals surface area (Å²) in [5.41, 5.74) is 0.354. The molecule has 0 aliphatic heterocycles. The number of carbonyl (C=O) groups is 2. The standard InChI is InChI=1S/C13H16FNO3/c1-2-3-4-9-18-13(17)12(16)15-11-7-5-10(14)6-8-11/h5-8H,2-4,9H2,1H3,(H,15,16). The zero-order valence-electron chi connectivity index (χ0n) is 10.2. The number of hydrogen-bond acceptors (Lipinski definition) is 3. The Balaban J connectivity index is 2.35. The Hall–Kier alpha value is -1.91. The number of carbonyl (C=O) groups excluding carboxylic acids is 2. The maximum Gasteiger partial charge on any atom is 0.397 e. The quantitative estimate of drug-likeness (QED) is 0.498. The molecule has 0 spiro atoms. The number of anilines is 1.